The van der Waals surface area contributed by atoms with Crippen LogP contribution in [-0.2, 0) is 16.1 Å². The molecule has 2 N–H and O–H groups in total. The molecule has 132 valence electrons. The van der Waals surface area contributed by atoms with Gasteiger partial charge >= 0.3 is 0 Å². The van der Waals surface area contributed by atoms with E-state index in [2.05, 4.69) is 0 Å². The average molecular weight is 372 g/mol. The molecule has 5 nitrogen and oxygen atoms in total. The third kappa shape index (κ3) is 4.02. The van der Waals surface area contributed by atoms with Crippen molar-refractivity contribution < 1.29 is 9.59 Å². The van der Waals surface area contributed by atoms with Gasteiger partial charge in [0.1, 0.15) is 0 Å². The first-order chi connectivity index (χ1) is 11.0. The molecule has 0 unspecified atom stereocenters. The van der Waals surface area contributed by atoms with Crippen molar-refractivity contribution in [3.05, 3.63) is 34.9 Å². The van der Waals surface area contributed by atoms with E-state index in [1.165, 1.54) is 0 Å². The Morgan fingerprint density at radius 1 is 1.17 bits per heavy atom. The van der Waals surface area contributed by atoms with E-state index in [-0.39, 0.29) is 30.8 Å². The first-order valence-corrected chi connectivity index (χ1v) is 8.46. The van der Waals surface area contributed by atoms with Crippen molar-refractivity contribution in [3.8, 4) is 0 Å². The second-order valence-corrected chi connectivity index (χ2v) is 6.97. The van der Waals surface area contributed by atoms with E-state index < -0.39 is 5.54 Å². The molecule has 0 spiro atoms. The number of amides is 2. The molecule has 0 aromatic heterocycles. The maximum atomic E-state index is 12.6. The zero-order valence-corrected chi connectivity index (χ0v) is 15.1. The number of nitrogens with zero attached hydrogens (tertiary/aromatic N) is 2. The minimum absolute atomic E-state index is 0. The van der Waals surface area contributed by atoms with E-state index in [9.17, 15) is 9.59 Å². The highest BCUT2D eigenvalue weighted by atomic mass is 35.5. The van der Waals surface area contributed by atoms with Crippen molar-refractivity contribution in [1.29, 1.82) is 0 Å². The van der Waals surface area contributed by atoms with Crippen LogP contribution < -0.4 is 5.73 Å². The van der Waals surface area contributed by atoms with Gasteiger partial charge in [-0.15, -0.1) is 12.4 Å². The second-order valence-electron chi connectivity index (χ2n) is 6.53. The largest absolute Gasteiger partial charge is 0.335 e. The standard InChI is InChI=1S/C17H22ClN3O2.ClH/c18-14-5-3-13(4-6-14)11-20-9-10-21(12-15(20)22)16(23)17(19)7-1-2-8-17;/h3-6H,1-2,7-12,19H2;1H. The number of carbonyl (C=O) groups is 2. The molecule has 1 saturated heterocycles. The normalized spacial score (nSPS) is 20.0. The van der Waals surface area contributed by atoms with Crippen LogP contribution in [0.25, 0.3) is 0 Å². The number of rotatable bonds is 3. The Hall–Kier alpha value is -1.30. The van der Waals surface area contributed by atoms with Gasteiger partial charge in [-0.1, -0.05) is 36.6 Å². The van der Waals surface area contributed by atoms with Gasteiger partial charge in [-0.3, -0.25) is 9.59 Å². The van der Waals surface area contributed by atoms with Crippen LogP contribution in [0.3, 0.4) is 0 Å². The summed E-state index contributed by atoms with van der Waals surface area (Å²) in [5.74, 6) is -0.0874. The van der Waals surface area contributed by atoms with Crippen molar-refractivity contribution in [1.82, 2.24) is 9.80 Å². The lowest BCUT2D eigenvalue weighted by Crippen LogP contribution is -2.59. The zero-order chi connectivity index (χ0) is 16.4. The molecular weight excluding hydrogens is 349 g/mol. The number of nitrogens with two attached hydrogens (primary N) is 1. The molecule has 2 aliphatic rings. The van der Waals surface area contributed by atoms with Gasteiger partial charge in [-0.25, -0.2) is 0 Å². The van der Waals surface area contributed by atoms with E-state index in [4.69, 9.17) is 17.3 Å². The molecule has 1 aromatic carbocycles. The Morgan fingerprint density at radius 2 is 1.79 bits per heavy atom. The zero-order valence-electron chi connectivity index (χ0n) is 13.5. The first kappa shape index (κ1) is 19.0. The monoisotopic (exact) mass is 371 g/mol. The van der Waals surface area contributed by atoms with Crippen molar-refractivity contribution in [2.75, 3.05) is 19.6 Å². The Kier molecular flexibility index (Phi) is 6.12. The third-order valence-electron chi connectivity index (χ3n) is 4.81. The number of piperazine rings is 1. The Morgan fingerprint density at radius 3 is 2.38 bits per heavy atom. The first-order valence-electron chi connectivity index (χ1n) is 8.08. The summed E-state index contributed by atoms with van der Waals surface area (Å²) < 4.78 is 0. The predicted octanol–water partition coefficient (Wildman–Crippen LogP) is 2.20. The maximum Gasteiger partial charge on any atom is 0.243 e. The van der Waals surface area contributed by atoms with Crippen LogP contribution in [0.5, 0.6) is 0 Å². The highest BCUT2D eigenvalue weighted by Gasteiger charge is 2.41. The van der Waals surface area contributed by atoms with Gasteiger partial charge in [-0.05, 0) is 30.5 Å². The third-order valence-corrected chi connectivity index (χ3v) is 5.07. The topological polar surface area (TPSA) is 66.6 Å². The minimum Gasteiger partial charge on any atom is -0.335 e. The lowest BCUT2D eigenvalue weighted by atomic mass is 9.96. The number of halogens is 2. The van der Waals surface area contributed by atoms with E-state index in [0.29, 0.717) is 24.7 Å². The summed E-state index contributed by atoms with van der Waals surface area (Å²) in [5, 5.41) is 0.681. The van der Waals surface area contributed by atoms with Gasteiger partial charge in [0.2, 0.25) is 11.8 Å². The fourth-order valence-electron chi connectivity index (χ4n) is 3.39. The predicted molar refractivity (Wildman–Crippen MR) is 96.1 cm³/mol. The fraction of sp³-hybridized carbons (Fsp3) is 0.529. The van der Waals surface area contributed by atoms with E-state index in [0.717, 1.165) is 31.2 Å². The van der Waals surface area contributed by atoms with Crippen molar-refractivity contribution in [3.63, 3.8) is 0 Å². The molecule has 0 atom stereocenters. The SMILES string of the molecule is Cl.NC1(C(=O)N2CCN(Cc3ccc(Cl)cc3)C(=O)C2)CCCC1. The molecule has 1 saturated carbocycles. The van der Waals surface area contributed by atoms with E-state index >= 15 is 0 Å². The molecule has 3 rings (SSSR count). The molecule has 0 bridgehead atoms. The quantitative estimate of drug-likeness (QED) is 0.885. The van der Waals surface area contributed by atoms with Crippen molar-refractivity contribution in [2.24, 2.45) is 5.73 Å². The molecule has 24 heavy (non-hydrogen) atoms. The summed E-state index contributed by atoms with van der Waals surface area (Å²) in [6.07, 6.45) is 3.44. The molecule has 1 aliphatic carbocycles. The summed E-state index contributed by atoms with van der Waals surface area (Å²) in [4.78, 5) is 28.4. The maximum absolute atomic E-state index is 12.6. The molecule has 1 aromatic rings. The number of hydrogen-bond donors (Lipinski definition) is 1. The van der Waals surface area contributed by atoms with Gasteiger partial charge in [0.15, 0.2) is 0 Å². The van der Waals surface area contributed by atoms with Crippen LogP contribution >= 0.6 is 24.0 Å². The smallest absolute Gasteiger partial charge is 0.243 e. The van der Waals surface area contributed by atoms with E-state index in [1.54, 1.807) is 9.80 Å². The van der Waals surface area contributed by atoms with Crippen LogP contribution in [0.2, 0.25) is 5.02 Å². The Balaban J connectivity index is 0.00000208. The second kappa shape index (κ2) is 7.72. The van der Waals surface area contributed by atoms with Gasteiger partial charge in [0, 0.05) is 24.7 Å². The van der Waals surface area contributed by atoms with Crippen LogP contribution in [-0.4, -0.2) is 46.8 Å². The van der Waals surface area contributed by atoms with Gasteiger partial charge in [0.25, 0.3) is 0 Å². The molecule has 1 heterocycles. The highest BCUT2D eigenvalue weighted by molar-refractivity contribution is 6.30. The number of benzene rings is 1. The van der Waals surface area contributed by atoms with Gasteiger partial charge in [-0.2, -0.15) is 0 Å². The summed E-state index contributed by atoms with van der Waals surface area (Å²) in [6.45, 7) is 1.78. The van der Waals surface area contributed by atoms with Crippen LogP contribution in [0.4, 0.5) is 0 Å². The molecule has 0 radical (unpaired) electrons. The molecular formula is C17H23Cl2N3O2. The molecule has 2 fully saturated rings. The summed E-state index contributed by atoms with van der Waals surface area (Å²) in [7, 11) is 0. The van der Waals surface area contributed by atoms with Crippen molar-refractivity contribution in [2.45, 2.75) is 37.8 Å². The number of hydrogen-bond acceptors (Lipinski definition) is 3. The van der Waals surface area contributed by atoms with Gasteiger partial charge in [0.05, 0.1) is 12.1 Å². The average Bonchev–Trinajstić information content (AvgIpc) is 2.99. The Labute approximate surface area is 153 Å². The molecule has 2 amide bonds. The summed E-state index contributed by atoms with van der Waals surface area (Å²) >= 11 is 5.88. The highest BCUT2D eigenvalue weighted by Crippen LogP contribution is 2.29. The Bertz CT molecular complexity index is 600. The lowest BCUT2D eigenvalue weighted by Gasteiger charge is -2.38. The van der Waals surface area contributed by atoms with Crippen LogP contribution in [0.1, 0.15) is 31.2 Å². The summed E-state index contributed by atoms with van der Waals surface area (Å²) in [6, 6.07) is 7.47. The molecule has 7 heteroatoms. The summed E-state index contributed by atoms with van der Waals surface area (Å²) in [5.41, 5.74) is 6.51. The number of carbonyl (C=O) groups excluding carboxylic acids is 2. The van der Waals surface area contributed by atoms with Crippen LogP contribution in [0, 0.1) is 0 Å². The molecule has 1 aliphatic heterocycles. The van der Waals surface area contributed by atoms with Crippen molar-refractivity contribution >= 4 is 35.8 Å². The minimum atomic E-state index is -0.751. The van der Waals surface area contributed by atoms with Crippen LogP contribution in [0.15, 0.2) is 24.3 Å². The fourth-order valence-corrected chi connectivity index (χ4v) is 3.52. The lowest BCUT2D eigenvalue weighted by molar-refractivity contribution is -0.148. The van der Waals surface area contributed by atoms with Gasteiger partial charge < -0.3 is 15.5 Å². The van der Waals surface area contributed by atoms with E-state index in [1.807, 2.05) is 24.3 Å².